The summed E-state index contributed by atoms with van der Waals surface area (Å²) in [5.41, 5.74) is 0. The smallest absolute Gasteiger partial charge is 0.327 e. The Balaban J connectivity index is 3.96. The maximum Gasteiger partial charge on any atom is 0.327 e. The average Bonchev–Trinajstić information content (AvgIpc) is 2.11. The Kier molecular flexibility index (Phi) is 7.15. The standard InChI is InChI=1S/C9H17NO4S/c1-6(3-4-11)15-5-8(9(13)14)10-7(2)12/h6,8,11H,3-5H2,1-2H3,(H,10,12)(H,13,14)/t6-,8-/m0/s1. The quantitative estimate of drug-likeness (QED) is 0.582. The Morgan fingerprint density at radius 2 is 2.07 bits per heavy atom. The molecule has 15 heavy (non-hydrogen) atoms. The molecule has 0 rings (SSSR count). The largest absolute Gasteiger partial charge is 0.480 e. The van der Waals surface area contributed by atoms with Crippen molar-refractivity contribution in [3.63, 3.8) is 0 Å². The van der Waals surface area contributed by atoms with Crippen LogP contribution in [0.2, 0.25) is 0 Å². The van der Waals surface area contributed by atoms with Crippen molar-refractivity contribution in [1.82, 2.24) is 5.32 Å². The fraction of sp³-hybridized carbons (Fsp3) is 0.778. The highest BCUT2D eigenvalue weighted by Gasteiger charge is 2.19. The molecule has 5 nitrogen and oxygen atoms in total. The molecule has 0 saturated carbocycles. The van der Waals surface area contributed by atoms with Gasteiger partial charge in [-0.15, -0.1) is 0 Å². The lowest BCUT2D eigenvalue weighted by atomic mass is 10.3. The Morgan fingerprint density at radius 1 is 1.47 bits per heavy atom. The summed E-state index contributed by atoms with van der Waals surface area (Å²) in [6, 6.07) is -0.853. The number of amides is 1. The zero-order chi connectivity index (χ0) is 11.8. The van der Waals surface area contributed by atoms with Crippen LogP contribution in [0.1, 0.15) is 20.3 Å². The van der Waals surface area contributed by atoms with Gasteiger partial charge in [-0.2, -0.15) is 11.8 Å². The average molecular weight is 235 g/mol. The first-order valence-electron chi connectivity index (χ1n) is 4.69. The number of carbonyl (C=O) groups is 2. The minimum atomic E-state index is -1.03. The fourth-order valence-corrected chi connectivity index (χ4v) is 1.96. The molecule has 0 fully saturated rings. The predicted molar refractivity (Wildman–Crippen MR) is 58.9 cm³/mol. The SMILES string of the molecule is CC(=O)N[C@@H](CS[C@@H](C)CCO)C(=O)O. The number of rotatable bonds is 7. The van der Waals surface area contributed by atoms with Crippen molar-refractivity contribution in [1.29, 1.82) is 0 Å². The minimum Gasteiger partial charge on any atom is -0.480 e. The third kappa shape index (κ3) is 7.21. The van der Waals surface area contributed by atoms with E-state index in [1.54, 1.807) is 0 Å². The van der Waals surface area contributed by atoms with Gasteiger partial charge in [0.05, 0.1) is 0 Å². The van der Waals surface area contributed by atoms with Crippen LogP contribution in [0, 0.1) is 0 Å². The van der Waals surface area contributed by atoms with Gasteiger partial charge in [-0.1, -0.05) is 6.92 Å². The molecule has 6 heteroatoms. The van der Waals surface area contributed by atoms with E-state index in [1.807, 2.05) is 6.92 Å². The van der Waals surface area contributed by atoms with Crippen LogP contribution in [0.5, 0.6) is 0 Å². The second kappa shape index (κ2) is 7.53. The van der Waals surface area contributed by atoms with Gasteiger partial charge in [0.15, 0.2) is 0 Å². The summed E-state index contributed by atoms with van der Waals surface area (Å²) in [6.07, 6.45) is 0.622. The van der Waals surface area contributed by atoms with Crippen molar-refractivity contribution in [3.8, 4) is 0 Å². The van der Waals surface area contributed by atoms with E-state index in [2.05, 4.69) is 5.32 Å². The molecule has 0 aliphatic heterocycles. The van der Waals surface area contributed by atoms with E-state index in [0.717, 1.165) is 0 Å². The van der Waals surface area contributed by atoms with Gasteiger partial charge in [0, 0.05) is 24.5 Å². The van der Waals surface area contributed by atoms with Crippen LogP contribution in [0.3, 0.4) is 0 Å². The normalized spacial score (nSPS) is 14.3. The molecule has 0 aliphatic carbocycles. The maximum atomic E-state index is 10.7. The number of thioether (sulfide) groups is 1. The van der Waals surface area contributed by atoms with Crippen LogP contribution >= 0.6 is 11.8 Å². The van der Waals surface area contributed by atoms with E-state index in [0.29, 0.717) is 12.2 Å². The molecule has 0 radical (unpaired) electrons. The van der Waals surface area contributed by atoms with Gasteiger partial charge in [0.1, 0.15) is 6.04 Å². The van der Waals surface area contributed by atoms with Gasteiger partial charge >= 0.3 is 5.97 Å². The van der Waals surface area contributed by atoms with E-state index in [-0.39, 0.29) is 17.8 Å². The first-order chi connectivity index (χ1) is 6.97. The molecule has 88 valence electrons. The molecule has 3 N–H and O–H groups in total. The third-order valence-electron chi connectivity index (χ3n) is 1.76. The fourth-order valence-electron chi connectivity index (χ4n) is 0.946. The highest BCUT2D eigenvalue weighted by atomic mass is 32.2. The highest BCUT2D eigenvalue weighted by molar-refractivity contribution is 7.99. The van der Waals surface area contributed by atoms with E-state index in [9.17, 15) is 9.59 Å². The summed E-state index contributed by atoms with van der Waals surface area (Å²) in [4.78, 5) is 21.4. The predicted octanol–water partition coefficient (Wildman–Crippen LogP) is 0.0798. The number of aliphatic hydroxyl groups excluding tert-OH is 1. The highest BCUT2D eigenvalue weighted by Crippen LogP contribution is 2.14. The number of carbonyl (C=O) groups excluding carboxylic acids is 1. The Hall–Kier alpha value is -0.750. The van der Waals surface area contributed by atoms with E-state index in [1.165, 1.54) is 18.7 Å². The first kappa shape index (κ1) is 14.2. The van der Waals surface area contributed by atoms with E-state index in [4.69, 9.17) is 10.2 Å². The van der Waals surface area contributed by atoms with Crippen LogP contribution in [0.25, 0.3) is 0 Å². The number of carboxylic acid groups (broad SMARTS) is 1. The summed E-state index contributed by atoms with van der Waals surface area (Å²) < 4.78 is 0. The number of aliphatic carboxylic acids is 1. The van der Waals surface area contributed by atoms with Crippen LogP contribution in [-0.4, -0.2) is 45.7 Å². The van der Waals surface area contributed by atoms with Gasteiger partial charge in [-0.25, -0.2) is 4.79 Å². The summed E-state index contributed by atoms with van der Waals surface area (Å²) in [5.74, 6) is -1.07. The third-order valence-corrected chi connectivity index (χ3v) is 3.09. The van der Waals surface area contributed by atoms with Crippen molar-refractivity contribution in [2.75, 3.05) is 12.4 Å². The summed E-state index contributed by atoms with van der Waals surface area (Å²) >= 11 is 1.42. The molecule has 2 atom stereocenters. The number of carboxylic acids is 1. The van der Waals surface area contributed by atoms with Crippen molar-refractivity contribution in [2.45, 2.75) is 31.6 Å². The molecule has 0 unspecified atom stereocenters. The maximum absolute atomic E-state index is 10.7. The second-order valence-electron chi connectivity index (χ2n) is 3.25. The minimum absolute atomic E-state index is 0.0893. The Morgan fingerprint density at radius 3 is 2.47 bits per heavy atom. The molecule has 0 spiro atoms. The van der Waals surface area contributed by atoms with Crippen molar-refractivity contribution in [2.24, 2.45) is 0 Å². The molecule has 0 aromatic heterocycles. The lowest BCUT2D eigenvalue weighted by Gasteiger charge is -2.15. The number of aliphatic hydroxyl groups is 1. The first-order valence-corrected chi connectivity index (χ1v) is 5.74. The number of nitrogens with one attached hydrogen (secondary N) is 1. The van der Waals surface area contributed by atoms with Crippen LogP contribution in [0.4, 0.5) is 0 Å². The van der Waals surface area contributed by atoms with Crippen LogP contribution in [-0.2, 0) is 9.59 Å². The van der Waals surface area contributed by atoms with Crippen molar-refractivity contribution >= 4 is 23.6 Å². The number of hydrogen-bond acceptors (Lipinski definition) is 4. The molecule has 0 saturated heterocycles. The summed E-state index contributed by atoms with van der Waals surface area (Å²) in [6.45, 7) is 3.29. The lowest BCUT2D eigenvalue weighted by molar-refractivity contribution is -0.140. The molecular weight excluding hydrogens is 218 g/mol. The monoisotopic (exact) mass is 235 g/mol. The summed E-state index contributed by atoms with van der Waals surface area (Å²) in [7, 11) is 0. The van der Waals surface area contributed by atoms with Crippen molar-refractivity contribution in [3.05, 3.63) is 0 Å². The Labute approximate surface area is 93.2 Å². The zero-order valence-electron chi connectivity index (χ0n) is 8.90. The van der Waals surface area contributed by atoms with Gasteiger partial charge in [-0.3, -0.25) is 4.79 Å². The lowest BCUT2D eigenvalue weighted by Crippen LogP contribution is -2.41. The molecule has 0 aromatic rings. The Bertz CT molecular complexity index is 222. The van der Waals surface area contributed by atoms with Gasteiger partial charge < -0.3 is 15.5 Å². The van der Waals surface area contributed by atoms with Gasteiger partial charge in [-0.05, 0) is 6.42 Å². The molecular formula is C9H17NO4S. The molecule has 0 heterocycles. The zero-order valence-corrected chi connectivity index (χ0v) is 9.71. The van der Waals surface area contributed by atoms with Crippen molar-refractivity contribution < 1.29 is 19.8 Å². The van der Waals surface area contributed by atoms with Crippen LogP contribution < -0.4 is 5.32 Å². The topological polar surface area (TPSA) is 86.6 Å². The molecule has 0 aromatic carbocycles. The number of hydrogen-bond donors (Lipinski definition) is 3. The van der Waals surface area contributed by atoms with E-state index < -0.39 is 12.0 Å². The second-order valence-corrected chi connectivity index (χ2v) is 4.72. The van der Waals surface area contributed by atoms with Crippen LogP contribution in [0.15, 0.2) is 0 Å². The van der Waals surface area contributed by atoms with Gasteiger partial charge in [0.2, 0.25) is 5.91 Å². The molecule has 0 aliphatic rings. The molecule has 0 bridgehead atoms. The summed E-state index contributed by atoms with van der Waals surface area (Å²) in [5, 5.41) is 20.0. The molecule has 1 amide bonds. The van der Waals surface area contributed by atoms with E-state index >= 15 is 0 Å². The van der Waals surface area contributed by atoms with Gasteiger partial charge in [0.25, 0.3) is 0 Å².